The van der Waals surface area contributed by atoms with Gasteiger partial charge in [0.2, 0.25) is 0 Å². The third-order valence-electron chi connectivity index (χ3n) is 2.37. The number of aryl methyl sites for hydroxylation is 1. The van der Waals surface area contributed by atoms with E-state index >= 15 is 0 Å². The lowest BCUT2D eigenvalue weighted by molar-refractivity contribution is 0.387. The van der Waals surface area contributed by atoms with Gasteiger partial charge in [0.25, 0.3) is 0 Å². The number of H-pyrrole nitrogens is 1. The van der Waals surface area contributed by atoms with Gasteiger partial charge in [0.15, 0.2) is 11.6 Å². The van der Waals surface area contributed by atoms with Crippen LogP contribution in [0, 0.1) is 10.5 Å². The number of halogens is 1. The minimum Gasteiger partial charge on any atom is -0.494 e. The fourth-order valence-electron chi connectivity index (χ4n) is 1.52. The Morgan fingerprint density at radius 2 is 2.25 bits per heavy atom. The van der Waals surface area contributed by atoms with Crippen molar-refractivity contribution in [1.29, 1.82) is 0 Å². The van der Waals surface area contributed by atoms with Gasteiger partial charge in [0, 0.05) is 17.9 Å². The number of benzene rings is 1. The molecule has 5 heteroatoms. The van der Waals surface area contributed by atoms with E-state index in [0.29, 0.717) is 15.5 Å². The summed E-state index contributed by atoms with van der Waals surface area (Å²) in [6, 6.07) is 2.95. The monoisotopic (exact) mass is 238 g/mol. The van der Waals surface area contributed by atoms with Crippen molar-refractivity contribution in [2.24, 2.45) is 0 Å². The van der Waals surface area contributed by atoms with Crippen molar-refractivity contribution in [3.05, 3.63) is 28.4 Å². The molecule has 0 spiro atoms. The highest BCUT2D eigenvalue weighted by atomic mass is 32.1. The number of aromatic nitrogens is 2. The SMILES string of the molecule is CCc1nc(=S)c2cc(OC)c(F)cc2[nH]1. The zero-order chi connectivity index (χ0) is 11.7. The molecule has 0 fully saturated rings. The average molecular weight is 238 g/mol. The summed E-state index contributed by atoms with van der Waals surface area (Å²) in [4.78, 5) is 7.24. The second-order valence-corrected chi connectivity index (χ2v) is 3.76. The van der Waals surface area contributed by atoms with Crippen molar-refractivity contribution in [1.82, 2.24) is 9.97 Å². The highest BCUT2D eigenvalue weighted by Crippen LogP contribution is 2.23. The Labute approximate surface area is 97.3 Å². The summed E-state index contributed by atoms with van der Waals surface area (Å²) in [6.45, 7) is 1.96. The van der Waals surface area contributed by atoms with Crippen LogP contribution in [0.1, 0.15) is 12.7 Å². The molecule has 3 nitrogen and oxygen atoms in total. The molecule has 0 aliphatic heterocycles. The number of nitrogens with one attached hydrogen (secondary N) is 1. The zero-order valence-electron chi connectivity index (χ0n) is 9.00. The van der Waals surface area contributed by atoms with Crippen LogP contribution in [0.4, 0.5) is 4.39 Å². The second kappa shape index (κ2) is 4.17. The molecule has 0 saturated carbocycles. The fourth-order valence-corrected chi connectivity index (χ4v) is 1.80. The maximum atomic E-state index is 13.5. The summed E-state index contributed by atoms with van der Waals surface area (Å²) in [5.41, 5.74) is 0.648. The van der Waals surface area contributed by atoms with Gasteiger partial charge in [0.1, 0.15) is 10.5 Å². The Kier molecular flexibility index (Phi) is 2.87. The van der Waals surface area contributed by atoms with Crippen molar-refractivity contribution in [2.45, 2.75) is 13.3 Å². The molecule has 2 aromatic rings. The molecule has 0 unspecified atom stereocenters. The highest BCUT2D eigenvalue weighted by molar-refractivity contribution is 7.71. The van der Waals surface area contributed by atoms with Crippen LogP contribution in [0.3, 0.4) is 0 Å². The van der Waals surface area contributed by atoms with Crippen LogP contribution in [0.2, 0.25) is 0 Å². The molecule has 84 valence electrons. The predicted molar refractivity (Wildman–Crippen MR) is 62.8 cm³/mol. The number of ether oxygens (including phenoxy) is 1. The van der Waals surface area contributed by atoms with Crippen LogP contribution in [-0.2, 0) is 6.42 Å². The van der Waals surface area contributed by atoms with Gasteiger partial charge >= 0.3 is 0 Å². The van der Waals surface area contributed by atoms with E-state index in [1.165, 1.54) is 13.2 Å². The molecule has 0 atom stereocenters. The lowest BCUT2D eigenvalue weighted by Crippen LogP contribution is -1.96. The topological polar surface area (TPSA) is 37.9 Å². The first kappa shape index (κ1) is 11.0. The number of rotatable bonds is 2. The van der Waals surface area contributed by atoms with E-state index in [1.807, 2.05) is 6.92 Å². The molecule has 1 aromatic heterocycles. The van der Waals surface area contributed by atoms with Gasteiger partial charge in [0.05, 0.1) is 12.6 Å². The molecule has 0 radical (unpaired) electrons. The maximum absolute atomic E-state index is 13.5. The highest BCUT2D eigenvalue weighted by Gasteiger charge is 2.07. The third-order valence-corrected chi connectivity index (χ3v) is 2.68. The van der Waals surface area contributed by atoms with Gasteiger partial charge in [-0.25, -0.2) is 9.37 Å². The zero-order valence-corrected chi connectivity index (χ0v) is 9.82. The van der Waals surface area contributed by atoms with Crippen molar-refractivity contribution in [3.8, 4) is 5.75 Å². The Morgan fingerprint density at radius 3 is 2.88 bits per heavy atom. The molecule has 0 aliphatic carbocycles. The van der Waals surface area contributed by atoms with E-state index < -0.39 is 5.82 Å². The van der Waals surface area contributed by atoms with Gasteiger partial charge in [-0.3, -0.25) is 0 Å². The second-order valence-electron chi connectivity index (χ2n) is 3.37. The van der Waals surface area contributed by atoms with E-state index in [1.54, 1.807) is 6.07 Å². The lowest BCUT2D eigenvalue weighted by Gasteiger charge is -2.06. The van der Waals surface area contributed by atoms with Crippen LogP contribution in [0.15, 0.2) is 12.1 Å². The van der Waals surface area contributed by atoms with Gasteiger partial charge < -0.3 is 9.72 Å². The fraction of sp³-hybridized carbons (Fsp3) is 0.273. The summed E-state index contributed by atoms with van der Waals surface area (Å²) in [6.07, 6.45) is 0.729. The van der Waals surface area contributed by atoms with Gasteiger partial charge in [-0.1, -0.05) is 19.1 Å². The van der Waals surface area contributed by atoms with Crippen LogP contribution in [0.25, 0.3) is 10.9 Å². The summed E-state index contributed by atoms with van der Waals surface area (Å²) >= 11 is 5.15. The smallest absolute Gasteiger partial charge is 0.167 e. The molecule has 0 aliphatic rings. The largest absolute Gasteiger partial charge is 0.494 e. The normalized spacial score (nSPS) is 10.7. The summed E-state index contributed by atoms with van der Waals surface area (Å²) in [7, 11) is 1.42. The Bertz CT molecular complexity index is 594. The van der Waals surface area contributed by atoms with E-state index in [9.17, 15) is 4.39 Å². The minimum absolute atomic E-state index is 0.179. The van der Waals surface area contributed by atoms with E-state index in [-0.39, 0.29) is 5.75 Å². The standard InChI is InChI=1S/C11H11FN2OS/c1-3-10-13-8-5-7(12)9(15-2)4-6(8)11(16)14-10/h4-5H,3H2,1-2H3,(H,13,14,16). The predicted octanol–water partition coefficient (Wildman–Crippen LogP) is 3.00. The first-order chi connectivity index (χ1) is 7.65. The Hall–Kier alpha value is -1.49. The van der Waals surface area contributed by atoms with Gasteiger partial charge in [-0.15, -0.1) is 0 Å². The summed E-state index contributed by atoms with van der Waals surface area (Å²) < 4.78 is 18.9. The molecular weight excluding hydrogens is 227 g/mol. The molecule has 0 amide bonds. The number of hydrogen-bond donors (Lipinski definition) is 1. The van der Waals surface area contributed by atoms with Crippen LogP contribution >= 0.6 is 12.2 Å². The first-order valence-corrected chi connectivity index (χ1v) is 5.33. The Morgan fingerprint density at radius 1 is 1.50 bits per heavy atom. The van der Waals surface area contributed by atoms with Crippen LogP contribution < -0.4 is 4.74 Å². The van der Waals surface area contributed by atoms with Crippen molar-refractivity contribution in [2.75, 3.05) is 7.11 Å². The summed E-state index contributed by atoms with van der Waals surface area (Å²) in [5.74, 6) is 0.522. The third kappa shape index (κ3) is 1.78. The van der Waals surface area contributed by atoms with Crippen molar-refractivity contribution in [3.63, 3.8) is 0 Å². The quantitative estimate of drug-likeness (QED) is 0.817. The molecule has 16 heavy (non-hydrogen) atoms. The lowest BCUT2D eigenvalue weighted by atomic mass is 10.2. The van der Waals surface area contributed by atoms with Crippen LogP contribution in [-0.4, -0.2) is 17.1 Å². The number of nitrogens with zero attached hydrogens (tertiary/aromatic N) is 1. The molecule has 2 rings (SSSR count). The summed E-state index contributed by atoms with van der Waals surface area (Å²) in [5, 5.41) is 0.699. The van der Waals surface area contributed by atoms with E-state index in [0.717, 1.165) is 12.2 Å². The van der Waals surface area contributed by atoms with Crippen molar-refractivity contribution < 1.29 is 9.13 Å². The van der Waals surface area contributed by atoms with Gasteiger partial charge in [-0.2, -0.15) is 0 Å². The number of fused-ring (bicyclic) bond motifs is 1. The molecule has 1 N–H and O–H groups in total. The number of hydrogen-bond acceptors (Lipinski definition) is 3. The molecule has 1 aromatic carbocycles. The van der Waals surface area contributed by atoms with Gasteiger partial charge in [-0.05, 0) is 6.07 Å². The van der Waals surface area contributed by atoms with Crippen LogP contribution in [0.5, 0.6) is 5.75 Å². The van der Waals surface area contributed by atoms with Crippen molar-refractivity contribution >= 4 is 23.1 Å². The van der Waals surface area contributed by atoms with E-state index in [4.69, 9.17) is 17.0 Å². The first-order valence-electron chi connectivity index (χ1n) is 4.92. The Balaban J connectivity index is 2.80. The maximum Gasteiger partial charge on any atom is 0.167 e. The average Bonchev–Trinajstić information content (AvgIpc) is 2.28. The molecular formula is C11H11FN2OS. The molecule has 0 saturated heterocycles. The number of aromatic amines is 1. The number of methoxy groups -OCH3 is 1. The minimum atomic E-state index is -0.408. The van der Waals surface area contributed by atoms with E-state index in [2.05, 4.69) is 9.97 Å². The molecule has 0 bridgehead atoms. The molecule has 1 heterocycles.